The second-order valence-corrected chi connectivity index (χ2v) is 52.6. The van der Waals surface area contributed by atoms with Gasteiger partial charge in [0.05, 0.1) is 38.6 Å². The second kappa shape index (κ2) is 53.5. The molecule has 794 valence electrons. The Hall–Kier alpha value is -5.87. The number of aliphatic hydroxyl groups is 1. The Balaban J connectivity index is 0.000000399. The van der Waals surface area contributed by atoms with Crippen molar-refractivity contribution in [3.8, 4) is 82.9 Å². The smallest absolute Gasteiger partial charge is 0.384 e. The highest BCUT2D eigenvalue weighted by Crippen LogP contribution is 2.45. The lowest BCUT2D eigenvalue weighted by Crippen LogP contribution is -2.62. The van der Waals surface area contributed by atoms with E-state index in [9.17, 15) is 28.7 Å². The third-order valence-corrected chi connectivity index (χ3v) is 25.1. The highest BCUT2D eigenvalue weighted by Gasteiger charge is 2.48. The van der Waals surface area contributed by atoms with E-state index in [1.54, 1.807) is 19.1 Å². The first kappa shape index (κ1) is 127. The van der Waals surface area contributed by atoms with E-state index in [0.717, 1.165) is 92.0 Å². The molecule has 0 aromatic rings. The minimum Gasteiger partial charge on any atom is -0.481 e. The average Bonchev–Trinajstić information content (AvgIpc) is 1.75. The van der Waals surface area contributed by atoms with Crippen LogP contribution in [-0.2, 0) is 57.1 Å². The van der Waals surface area contributed by atoms with Gasteiger partial charge in [0.1, 0.15) is 13.2 Å². The molecule has 12 heterocycles. The summed E-state index contributed by atoms with van der Waals surface area (Å²) in [7, 11) is 10.9. The third-order valence-electron chi connectivity index (χ3n) is 25.1. The number of likely N-dealkylation sites (tertiary alicyclic amines) is 6. The molecule has 0 unspecified atom stereocenters. The van der Waals surface area contributed by atoms with Gasteiger partial charge in [-0.05, 0) is 306 Å². The van der Waals surface area contributed by atoms with Crippen molar-refractivity contribution in [2.45, 2.75) is 338 Å². The molecule has 0 aromatic carbocycles. The van der Waals surface area contributed by atoms with Gasteiger partial charge in [0, 0.05) is 214 Å². The maximum Gasteiger partial charge on any atom is 0.384 e. The van der Waals surface area contributed by atoms with Crippen molar-refractivity contribution in [2.75, 3.05) is 226 Å². The molecular weight excluding hydrogens is 1750 g/mol. The number of hydrogen-bond acceptors (Lipinski definition) is 21. The van der Waals surface area contributed by atoms with E-state index >= 15 is 0 Å². The molecule has 1 amide bonds. The summed E-state index contributed by atoms with van der Waals surface area (Å²) in [5.74, 6) is 40.1. The molecule has 12 saturated heterocycles. The fourth-order valence-corrected chi connectivity index (χ4v) is 16.7. The van der Waals surface area contributed by atoms with Gasteiger partial charge in [-0.3, -0.25) is 34.0 Å². The van der Waals surface area contributed by atoms with Gasteiger partial charge in [-0.2, -0.15) is 0 Å². The van der Waals surface area contributed by atoms with Crippen LogP contribution in [0.25, 0.3) is 0 Å². The number of nitrogens with zero attached hydrogens (tertiary/aromatic N) is 8. The number of ether oxygens (including phenoxy) is 8. The maximum absolute atomic E-state index is 13.5. The molecule has 24 heteroatoms. The molecule has 12 aliphatic heterocycles. The van der Waals surface area contributed by atoms with Crippen molar-refractivity contribution < 1.29 is 71.7 Å². The molecule has 3 N–H and O–H groups in total. The Morgan fingerprint density at radius 2 is 0.777 bits per heavy atom. The van der Waals surface area contributed by atoms with E-state index in [2.05, 4.69) is 275 Å². The van der Waals surface area contributed by atoms with Crippen molar-refractivity contribution in [3.05, 3.63) is 0 Å². The zero-order chi connectivity index (χ0) is 106. The lowest BCUT2D eigenvalue weighted by Gasteiger charge is -2.53. The molecule has 139 heavy (non-hydrogen) atoms. The zero-order valence-corrected chi connectivity index (χ0v) is 95.3. The summed E-state index contributed by atoms with van der Waals surface area (Å²) in [5, 5.41) is 21.5. The number of methoxy groups -OCH3 is 3. The summed E-state index contributed by atoms with van der Waals surface area (Å²) in [6.07, 6.45) is 11.5. The Bertz CT molecular complexity index is 4230. The fraction of sp³-hybridized carbons (Fsp3) is 0.843. The topological polar surface area (TPSA) is 221 Å². The van der Waals surface area contributed by atoms with E-state index in [4.69, 9.17) is 38.3 Å². The van der Waals surface area contributed by atoms with E-state index in [0.29, 0.717) is 58.8 Å². The summed E-state index contributed by atoms with van der Waals surface area (Å²) in [5.41, 5.74) is -0.612. The standard InChI is InChI=1S/C14H26N2.C14H27NO.C13H18O5.2C12H23NO.C11H17NO2.C11H19NO.C10H16FN.C10H17NO.C8H12O2/c1-13(2,3)7-8-14(4,5)16-11-9-15(6)10-12-16;1-13(2,3)12-15-8-4-14(5-9-15)6-10-16-11-7-14;1-12(2,3)6-7-13(8-17-9-13)18-11(16)5-4-10(14)15;1-11(2,3)13-7-4-12(10-13)5-8-14-9-6-12;1-11(2,3)8-13-9-12(10-13)4-6-14-7-5-12;1-9(13)12-7-11(14,8-12)6-5-10(2,3)4;1-10(2,3)6-7-11(13-5)8-12(4)9-11;1-9(2,3)5-6-10(11)7-12(4)8-10;1-9(2,3)5-6-10(12-4)7-11-8-10;1-8(2,3)6-5-7(9)10-4/h9-12H2,1-6H3;4-12H2,1-3H3;4-5,8-9H2,1-3H3,(H,14,15);2*4-10H2,1-3H3;14H,7-8H2,1-4H3;8-9H2,1-5H3;7-8H2,1-4H3;11H,7-8H2,1-4H3;1-4H3. The number of alkyl halides is 1. The number of β-amino-alcohol motifs (C(OH)–C–C–N with tert-alkyl or cyclic N) is 1. The van der Waals surface area contributed by atoms with Crippen molar-refractivity contribution in [1.29, 1.82) is 0 Å². The largest absolute Gasteiger partial charge is 0.481 e. The van der Waals surface area contributed by atoms with Crippen LogP contribution in [0.3, 0.4) is 0 Å². The van der Waals surface area contributed by atoms with Crippen LogP contribution in [0.2, 0.25) is 0 Å². The number of rotatable bonds is 9. The number of hydrogen-bond donors (Lipinski definition) is 3. The molecule has 0 aliphatic carbocycles. The van der Waals surface area contributed by atoms with Gasteiger partial charge in [-0.25, -0.2) is 9.18 Å². The number of halogens is 1. The molecule has 0 atom stereocenters. The average molecular weight is 1950 g/mol. The third kappa shape index (κ3) is 53.2. The molecule has 0 bridgehead atoms. The van der Waals surface area contributed by atoms with Crippen LogP contribution in [0.4, 0.5) is 4.39 Å². The summed E-state index contributed by atoms with van der Waals surface area (Å²) < 4.78 is 55.2. The first-order valence-corrected chi connectivity index (χ1v) is 51.4. The predicted molar refractivity (Wildman–Crippen MR) is 565 cm³/mol. The SMILES string of the molecule is CC(=O)N1CC(O)(C#CC(C)(C)C)C1.CC(C)(C)C#CC1(OC(=O)CCC(=O)O)COC1.CC(C)(C)CN1CC2(CCOCC2)C1.CC(C)(C)CN1CCC2(CCOCC2)CC1.CC(C)(C)N1CCC2(CCOCC2)C1.CN1CC(F)(C#CC(C)(C)C)C1.CN1CCN(C(C)(C)C#CC(C)(C)C)CC1.COC(=O)C#CC(C)(C)C.COC1(C#CC(C)(C)C)CN(C)C1.COC1(C#CC(C)(C)C)CNC1. The van der Waals surface area contributed by atoms with Crippen LogP contribution in [-0.4, -0.2) is 339 Å². The highest BCUT2D eigenvalue weighted by atomic mass is 19.1. The summed E-state index contributed by atoms with van der Waals surface area (Å²) in [6, 6.07) is 0. The molecule has 12 rings (SSSR count). The Morgan fingerprint density at radius 3 is 1.13 bits per heavy atom. The van der Waals surface area contributed by atoms with Crippen LogP contribution in [0, 0.1) is 148 Å². The molecule has 0 radical (unpaired) electrons. The Morgan fingerprint density at radius 1 is 0.388 bits per heavy atom. The van der Waals surface area contributed by atoms with Crippen LogP contribution in [0.5, 0.6) is 0 Å². The van der Waals surface area contributed by atoms with Gasteiger partial charge in [-0.1, -0.05) is 113 Å². The minimum atomic E-state index is -1.23. The molecule has 0 saturated carbocycles. The predicted octanol–water partition coefficient (Wildman–Crippen LogP) is 16.6. The number of amides is 1. The summed E-state index contributed by atoms with van der Waals surface area (Å²) >= 11 is 0. The summed E-state index contributed by atoms with van der Waals surface area (Å²) in [6.45, 7) is 96.1. The van der Waals surface area contributed by atoms with Gasteiger partial charge in [0.2, 0.25) is 11.5 Å². The highest BCUT2D eigenvalue weighted by molar-refractivity contribution is 5.88. The lowest BCUT2D eigenvalue weighted by atomic mass is 9.72. The number of piperazine rings is 1. The minimum absolute atomic E-state index is 0.00719. The van der Waals surface area contributed by atoms with Gasteiger partial charge in [0.15, 0.2) is 22.5 Å². The molecular formula is C115H198FN9O14. The van der Waals surface area contributed by atoms with Crippen molar-refractivity contribution in [3.63, 3.8) is 0 Å². The lowest BCUT2D eigenvalue weighted by molar-refractivity contribution is -0.192. The first-order chi connectivity index (χ1) is 63.3. The monoisotopic (exact) mass is 1950 g/mol. The molecule has 12 fully saturated rings. The molecule has 12 aliphatic rings. The number of nitrogens with one attached hydrogen (secondary N) is 1. The number of carboxylic acid groups (broad SMARTS) is 1. The molecule has 23 nitrogen and oxygen atoms in total. The maximum atomic E-state index is 13.5. The van der Waals surface area contributed by atoms with E-state index < -0.39 is 34.8 Å². The van der Waals surface area contributed by atoms with Gasteiger partial charge in [0.25, 0.3) is 0 Å². The summed E-state index contributed by atoms with van der Waals surface area (Å²) in [4.78, 5) is 61.6. The number of carbonyl (C=O) groups is 4. The van der Waals surface area contributed by atoms with Crippen LogP contribution < -0.4 is 5.32 Å². The van der Waals surface area contributed by atoms with E-state index in [1.807, 2.05) is 95.0 Å². The Labute approximate surface area is 847 Å². The number of esters is 2. The normalized spacial score (nSPS) is 21.7. The van der Waals surface area contributed by atoms with E-state index in [-0.39, 0.29) is 86.6 Å². The number of piperidine rings is 1. The van der Waals surface area contributed by atoms with Crippen molar-refractivity contribution >= 4 is 23.8 Å². The zero-order valence-electron chi connectivity index (χ0n) is 95.3. The van der Waals surface area contributed by atoms with Gasteiger partial charge >= 0.3 is 17.9 Å². The molecule has 0 aromatic heterocycles. The van der Waals surface area contributed by atoms with Crippen LogP contribution >= 0.6 is 0 Å². The second-order valence-electron chi connectivity index (χ2n) is 52.6. The molecule has 3 spiro atoms. The van der Waals surface area contributed by atoms with Gasteiger partial charge < -0.3 is 73.0 Å². The van der Waals surface area contributed by atoms with Gasteiger partial charge in [-0.15, -0.1) is 0 Å². The number of aliphatic carboxylic acids is 1. The van der Waals surface area contributed by atoms with E-state index in [1.165, 1.54) is 124 Å². The number of likely N-dealkylation sites (N-methyl/N-ethyl adjacent to an activating group) is 2. The first-order valence-electron chi connectivity index (χ1n) is 51.4. The number of carboxylic acids is 1. The Kier molecular flexibility index (Phi) is 49.0. The quantitative estimate of drug-likeness (QED) is 0.111. The van der Waals surface area contributed by atoms with Crippen LogP contribution in [0.1, 0.15) is 299 Å². The van der Waals surface area contributed by atoms with Crippen molar-refractivity contribution in [2.24, 2.45) is 65.0 Å². The number of carbonyl (C=O) groups excluding carboxylic acids is 3. The fourth-order valence-electron chi connectivity index (χ4n) is 16.7. The van der Waals surface area contributed by atoms with Crippen LogP contribution in [0.15, 0.2) is 0 Å². The van der Waals surface area contributed by atoms with Crippen molar-refractivity contribution in [1.82, 2.24) is 44.5 Å².